The quantitative estimate of drug-likeness (QED) is 0.904. The zero-order valence-electron chi connectivity index (χ0n) is 11.6. The third kappa shape index (κ3) is 3.14. The second kappa shape index (κ2) is 5.44. The highest BCUT2D eigenvalue weighted by atomic mass is 16.1. The average Bonchev–Trinajstić information content (AvgIpc) is 2.37. The lowest BCUT2D eigenvalue weighted by atomic mass is 9.85. The van der Waals surface area contributed by atoms with Gasteiger partial charge in [0.15, 0.2) is 0 Å². The van der Waals surface area contributed by atoms with Crippen molar-refractivity contribution < 1.29 is 4.79 Å². The molecule has 19 heavy (non-hydrogen) atoms. The van der Waals surface area contributed by atoms with Crippen LogP contribution in [0, 0.1) is 11.3 Å². The highest BCUT2D eigenvalue weighted by molar-refractivity contribution is 5.79. The highest BCUT2D eigenvalue weighted by Crippen LogP contribution is 2.27. The van der Waals surface area contributed by atoms with E-state index in [4.69, 9.17) is 5.26 Å². The molecule has 1 aromatic rings. The summed E-state index contributed by atoms with van der Waals surface area (Å²) in [7, 11) is 0. The number of nitrogens with zero attached hydrogens (tertiary/aromatic N) is 1. The molecular formula is C16H20N2O. The van der Waals surface area contributed by atoms with E-state index >= 15 is 0 Å². The van der Waals surface area contributed by atoms with Crippen molar-refractivity contribution in [2.24, 2.45) is 0 Å². The molecule has 0 bridgehead atoms. The van der Waals surface area contributed by atoms with Crippen LogP contribution in [0.15, 0.2) is 18.2 Å². The van der Waals surface area contributed by atoms with Gasteiger partial charge in [0.2, 0.25) is 5.91 Å². The summed E-state index contributed by atoms with van der Waals surface area (Å²) in [4.78, 5) is 11.6. The van der Waals surface area contributed by atoms with E-state index in [1.807, 2.05) is 19.9 Å². The summed E-state index contributed by atoms with van der Waals surface area (Å²) >= 11 is 0. The van der Waals surface area contributed by atoms with Gasteiger partial charge in [-0.2, -0.15) is 5.26 Å². The van der Waals surface area contributed by atoms with Crippen molar-refractivity contribution in [2.45, 2.75) is 51.5 Å². The van der Waals surface area contributed by atoms with Gasteiger partial charge in [-0.25, -0.2) is 0 Å². The summed E-state index contributed by atoms with van der Waals surface area (Å²) in [5, 5.41) is 11.5. The van der Waals surface area contributed by atoms with Gasteiger partial charge >= 0.3 is 0 Å². The summed E-state index contributed by atoms with van der Waals surface area (Å²) in [6, 6.07) is 8.37. The summed E-state index contributed by atoms with van der Waals surface area (Å²) in [6.45, 7) is 3.96. The Kier molecular flexibility index (Phi) is 3.90. The molecule has 0 radical (unpaired) electrons. The molecule has 0 aromatic heterocycles. The molecule has 0 aliphatic heterocycles. The first-order valence-corrected chi connectivity index (χ1v) is 6.83. The molecule has 1 amide bonds. The Balaban J connectivity index is 2.20. The molecule has 2 rings (SSSR count). The number of rotatable bonds is 3. The first-order valence-electron chi connectivity index (χ1n) is 6.83. The topological polar surface area (TPSA) is 52.9 Å². The maximum atomic E-state index is 11.6. The van der Waals surface area contributed by atoms with Crippen molar-refractivity contribution >= 4 is 5.91 Å². The van der Waals surface area contributed by atoms with Crippen LogP contribution in [0.25, 0.3) is 0 Å². The first-order chi connectivity index (χ1) is 9.03. The Morgan fingerprint density at radius 2 is 2.00 bits per heavy atom. The van der Waals surface area contributed by atoms with E-state index in [2.05, 4.69) is 23.5 Å². The van der Waals surface area contributed by atoms with Crippen LogP contribution < -0.4 is 5.32 Å². The van der Waals surface area contributed by atoms with Crippen LogP contribution in [-0.2, 0) is 23.2 Å². The molecule has 0 saturated heterocycles. The van der Waals surface area contributed by atoms with E-state index in [0.717, 1.165) is 18.4 Å². The number of amides is 1. The second-order valence-electron chi connectivity index (χ2n) is 5.70. The summed E-state index contributed by atoms with van der Waals surface area (Å²) < 4.78 is 0. The monoisotopic (exact) mass is 256 g/mol. The largest absolute Gasteiger partial charge is 0.346 e. The van der Waals surface area contributed by atoms with Gasteiger partial charge in [-0.05, 0) is 56.2 Å². The van der Waals surface area contributed by atoms with E-state index in [9.17, 15) is 4.79 Å². The molecule has 1 aliphatic rings. The van der Waals surface area contributed by atoms with Gasteiger partial charge in [-0.15, -0.1) is 0 Å². The number of hydrogen-bond acceptors (Lipinski definition) is 2. The molecule has 3 heteroatoms. The Morgan fingerprint density at radius 3 is 2.68 bits per heavy atom. The van der Waals surface area contributed by atoms with Gasteiger partial charge < -0.3 is 5.32 Å². The maximum absolute atomic E-state index is 11.6. The summed E-state index contributed by atoms with van der Waals surface area (Å²) in [5.41, 5.74) is 3.53. The third-order valence-electron chi connectivity index (χ3n) is 3.76. The molecule has 0 spiro atoms. The van der Waals surface area contributed by atoms with Crippen molar-refractivity contribution in [3.05, 3.63) is 34.9 Å². The molecule has 1 aliphatic carbocycles. The van der Waals surface area contributed by atoms with Gasteiger partial charge in [-0.1, -0.05) is 18.2 Å². The van der Waals surface area contributed by atoms with Crippen LogP contribution in [-0.4, -0.2) is 5.91 Å². The minimum absolute atomic E-state index is 0.0889. The SMILES string of the molecule is CC(C)(NC(=O)CC#N)c1ccc2c(c1)CCCC2. The molecular weight excluding hydrogens is 236 g/mol. The zero-order valence-corrected chi connectivity index (χ0v) is 11.6. The highest BCUT2D eigenvalue weighted by Gasteiger charge is 2.24. The Morgan fingerprint density at radius 1 is 1.32 bits per heavy atom. The van der Waals surface area contributed by atoms with Gasteiger partial charge in [0.05, 0.1) is 11.6 Å². The van der Waals surface area contributed by atoms with Gasteiger partial charge in [0.1, 0.15) is 6.42 Å². The van der Waals surface area contributed by atoms with Crippen LogP contribution >= 0.6 is 0 Å². The number of hydrogen-bond donors (Lipinski definition) is 1. The smallest absolute Gasteiger partial charge is 0.234 e. The Bertz CT molecular complexity index is 526. The van der Waals surface area contributed by atoms with Crippen molar-refractivity contribution in [3.8, 4) is 6.07 Å². The number of nitrogens with one attached hydrogen (secondary N) is 1. The molecule has 0 heterocycles. The van der Waals surface area contributed by atoms with Crippen LogP contribution in [0.3, 0.4) is 0 Å². The summed E-state index contributed by atoms with van der Waals surface area (Å²) in [6.07, 6.45) is 4.73. The zero-order chi connectivity index (χ0) is 13.9. The lowest BCUT2D eigenvalue weighted by Gasteiger charge is -2.28. The number of benzene rings is 1. The number of carbonyl (C=O) groups excluding carboxylic acids is 1. The lowest BCUT2D eigenvalue weighted by Crippen LogP contribution is -2.40. The fourth-order valence-corrected chi connectivity index (χ4v) is 2.66. The van der Waals surface area contributed by atoms with Crippen LogP contribution in [0.5, 0.6) is 0 Å². The number of fused-ring (bicyclic) bond motifs is 1. The predicted octanol–water partition coefficient (Wildman–Crippen LogP) is 2.83. The van der Waals surface area contributed by atoms with Crippen molar-refractivity contribution in [1.82, 2.24) is 5.32 Å². The Hall–Kier alpha value is -1.82. The number of aryl methyl sites for hydroxylation is 2. The second-order valence-corrected chi connectivity index (χ2v) is 5.70. The van der Waals surface area contributed by atoms with Gasteiger partial charge in [0, 0.05) is 0 Å². The maximum Gasteiger partial charge on any atom is 0.234 e. The predicted molar refractivity (Wildman–Crippen MR) is 74.5 cm³/mol. The summed E-state index contributed by atoms with van der Waals surface area (Å²) in [5.74, 6) is -0.217. The van der Waals surface area contributed by atoms with E-state index in [1.165, 1.54) is 24.0 Å². The first kappa shape index (κ1) is 13.6. The minimum Gasteiger partial charge on any atom is -0.346 e. The van der Waals surface area contributed by atoms with Crippen LogP contribution in [0.4, 0.5) is 0 Å². The molecule has 1 N–H and O–H groups in total. The molecule has 100 valence electrons. The van der Waals surface area contributed by atoms with Crippen molar-refractivity contribution in [3.63, 3.8) is 0 Å². The lowest BCUT2D eigenvalue weighted by molar-refractivity contribution is -0.121. The van der Waals surface area contributed by atoms with E-state index in [-0.39, 0.29) is 12.3 Å². The molecule has 0 fully saturated rings. The van der Waals surface area contributed by atoms with Crippen molar-refractivity contribution in [2.75, 3.05) is 0 Å². The van der Waals surface area contributed by atoms with Crippen LogP contribution in [0.1, 0.15) is 49.8 Å². The fraction of sp³-hybridized carbons (Fsp3) is 0.500. The number of carbonyl (C=O) groups is 1. The van der Waals surface area contributed by atoms with Crippen molar-refractivity contribution in [1.29, 1.82) is 5.26 Å². The molecule has 3 nitrogen and oxygen atoms in total. The molecule has 0 unspecified atom stereocenters. The van der Waals surface area contributed by atoms with E-state index in [1.54, 1.807) is 0 Å². The van der Waals surface area contributed by atoms with E-state index < -0.39 is 5.54 Å². The van der Waals surface area contributed by atoms with E-state index in [0.29, 0.717) is 0 Å². The Labute approximate surface area is 114 Å². The standard InChI is InChI=1S/C16H20N2O/c1-16(2,18-15(19)9-10-17)14-8-7-12-5-3-4-6-13(12)11-14/h7-8,11H,3-6,9H2,1-2H3,(H,18,19). The molecule has 0 saturated carbocycles. The average molecular weight is 256 g/mol. The minimum atomic E-state index is -0.430. The fourth-order valence-electron chi connectivity index (χ4n) is 2.66. The van der Waals surface area contributed by atoms with Gasteiger partial charge in [0.25, 0.3) is 0 Å². The van der Waals surface area contributed by atoms with Crippen LogP contribution in [0.2, 0.25) is 0 Å². The molecule has 0 atom stereocenters. The normalized spacial score (nSPS) is 14.4. The third-order valence-corrected chi connectivity index (χ3v) is 3.76. The van der Waals surface area contributed by atoms with Gasteiger partial charge in [-0.3, -0.25) is 4.79 Å². The molecule has 1 aromatic carbocycles. The number of nitriles is 1.